The normalized spacial score (nSPS) is 15.5. The lowest BCUT2D eigenvalue weighted by molar-refractivity contribution is -0.116. The number of amides is 1. The summed E-state index contributed by atoms with van der Waals surface area (Å²) in [6.07, 6.45) is 6.03. The highest BCUT2D eigenvalue weighted by molar-refractivity contribution is 7.88. The van der Waals surface area contributed by atoms with Crippen LogP contribution >= 0.6 is 0 Å². The maximum Gasteiger partial charge on any atom is 0.340 e. The van der Waals surface area contributed by atoms with Gasteiger partial charge in [-0.15, -0.1) is 0 Å². The Morgan fingerprint density at radius 1 is 1.19 bits per heavy atom. The van der Waals surface area contributed by atoms with E-state index in [1.807, 2.05) is 0 Å². The molecule has 0 spiro atoms. The Bertz CT molecular complexity index is 757. The number of ether oxygens (including phenoxy) is 1. The van der Waals surface area contributed by atoms with Crippen molar-refractivity contribution in [2.24, 2.45) is 0 Å². The fourth-order valence-corrected chi connectivity index (χ4v) is 4.57. The topological polar surface area (TPSA) is 92.8 Å². The first kappa shape index (κ1) is 21.4. The highest BCUT2D eigenvalue weighted by Crippen LogP contribution is 2.24. The first-order valence-corrected chi connectivity index (χ1v) is 11.2. The molecule has 0 aromatic heterocycles. The van der Waals surface area contributed by atoms with Crippen molar-refractivity contribution in [1.82, 2.24) is 4.31 Å². The number of nitrogens with zero attached hydrogens (tertiary/aromatic N) is 1. The summed E-state index contributed by atoms with van der Waals surface area (Å²) in [5, 5.41) is 2.70. The van der Waals surface area contributed by atoms with E-state index in [1.54, 1.807) is 31.2 Å². The molecule has 2 rings (SSSR count). The first-order valence-electron chi connectivity index (χ1n) is 9.35. The summed E-state index contributed by atoms with van der Waals surface area (Å²) in [6.45, 7) is 2.09. The maximum atomic E-state index is 12.4. The van der Waals surface area contributed by atoms with Crippen molar-refractivity contribution in [3.63, 3.8) is 0 Å². The number of esters is 1. The highest BCUT2D eigenvalue weighted by Gasteiger charge is 2.28. The predicted molar refractivity (Wildman–Crippen MR) is 104 cm³/mol. The van der Waals surface area contributed by atoms with E-state index in [2.05, 4.69) is 5.32 Å². The lowest BCUT2D eigenvalue weighted by atomic mass is 9.95. The Morgan fingerprint density at radius 2 is 1.85 bits per heavy atom. The van der Waals surface area contributed by atoms with E-state index < -0.39 is 16.0 Å². The average molecular weight is 397 g/mol. The molecule has 0 bridgehead atoms. The average Bonchev–Trinajstić information content (AvgIpc) is 2.62. The lowest BCUT2D eigenvalue weighted by Gasteiger charge is -2.32. The molecule has 0 atom stereocenters. The van der Waals surface area contributed by atoms with Gasteiger partial charge >= 0.3 is 5.97 Å². The van der Waals surface area contributed by atoms with Gasteiger partial charge in [0.2, 0.25) is 15.9 Å². The van der Waals surface area contributed by atoms with E-state index >= 15 is 0 Å². The van der Waals surface area contributed by atoms with Crippen LogP contribution in [-0.4, -0.2) is 50.0 Å². The second kappa shape index (κ2) is 9.85. The molecular weight excluding hydrogens is 368 g/mol. The minimum atomic E-state index is -3.38. The molecule has 0 radical (unpaired) electrons. The monoisotopic (exact) mass is 396 g/mol. The third kappa shape index (κ3) is 6.32. The van der Waals surface area contributed by atoms with Crippen molar-refractivity contribution >= 4 is 27.6 Å². The summed E-state index contributed by atoms with van der Waals surface area (Å²) in [6, 6.07) is 6.57. The van der Waals surface area contributed by atoms with Crippen LogP contribution in [0.3, 0.4) is 0 Å². The SMILES string of the molecule is CCOC(=O)c1ccccc1NC(=O)CCN(C1CCCCC1)S(C)(=O)=O. The third-order valence-corrected chi connectivity index (χ3v) is 6.00. The molecule has 27 heavy (non-hydrogen) atoms. The molecule has 1 saturated carbocycles. The molecule has 1 aromatic carbocycles. The van der Waals surface area contributed by atoms with Crippen LogP contribution < -0.4 is 5.32 Å². The highest BCUT2D eigenvalue weighted by atomic mass is 32.2. The molecular formula is C19H28N2O5S. The minimum Gasteiger partial charge on any atom is -0.462 e. The number of carbonyl (C=O) groups is 2. The van der Waals surface area contributed by atoms with E-state index in [4.69, 9.17) is 4.74 Å². The van der Waals surface area contributed by atoms with Gasteiger partial charge in [0.1, 0.15) is 0 Å². The molecule has 1 N–H and O–H groups in total. The first-order chi connectivity index (χ1) is 12.8. The van der Waals surface area contributed by atoms with Crippen LogP contribution in [-0.2, 0) is 19.6 Å². The van der Waals surface area contributed by atoms with E-state index in [0.717, 1.165) is 32.1 Å². The molecule has 1 amide bonds. The van der Waals surface area contributed by atoms with E-state index in [9.17, 15) is 18.0 Å². The Labute approximate surface area is 161 Å². The van der Waals surface area contributed by atoms with E-state index in [0.29, 0.717) is 5.69 Å². The quantitative estimate of drug-likeness (QED) is 0.682. The van der Waals surface area contributed by atoms with Crippen LogP contribution in [0.15, 0.2) is 24.3 Å². The number of nitrogens with one attached hydrogen (secondary N) is 1. The number of hydrogen-bond donors (Lipinski definition) is 1. The van der Waals surface area contributed by atoms with E-state index in [-0.39, 0.29) is 37.1 Å². The molecule has 0 heterocycles. The van der Waals surface area contributed by atoms with Crippen LogP contribution in [0.1, 0.15) is 55.8 Å². The number of hydrogen-bond acceptors (Lipinski definition) is 5. The number of sulfonamides is 1. The minimum absolute atomic E-state index is 0.0285. The summed E-state index contributed by atoms with van der Waals surface area (Å²) in [5.74, 6) is -0.843. The fraction of sp³-hybridized carbons (Fsp3) is 0.579. The summed E-state index contributed by atoms with van der Waals surface area (Å²) in [5.41, 5.74) is 0.643. The zero-order chi connectivity index (χ0) is 19.9. The van der Waals surface area contributed by atoms with Gasteiger partial charge in [-0.1, -0.05) is 31.4 Å². The van der Waals surface area contributed by atoms with Crippen molar-refractivity contribution in [2.75, 3.05) is 24.7 Å². The van der Waals surface area contributed by atoms with Gasteiger partial charge in [0.25, 0.3) is 0 Å². The molecule has 150 valence electrons. The Hall–Kier alpha value is -1.93. The third-order valence-electron chi connectivity index (χ3n) is 4.66. The summed E-state index contributed by atoms with van der Waals surface area (Å²) >= 11 is 0. The van der Waals surface area contributed by atoms with Gasteiger partial charge < -0.3 is 10.1 Å². The molecule has 0 aliphatic heterocycles. The summed E-state index contributed by atoms with van der Waals surface area (Å²) in [7, 11) is -3.38. The van der Waals surface area contributed by atoms with Gasteiger partial charge in [0, 0.05) is 19.0 Å². The van der Waals surface area contributed by atoms with Gasteiger partial charge in [-0.05, 0) is 31.9 Å². The molecule has 1 aliphatic carbocycles. The van der Waals surface area contributed by atoms with Crippen LogP contribution in [0.2, 0.25) is 0 Å². The number of para-hydroxylation sites is 1. The summed E-state index contributed by atoms with van der Waals surface area (Å²) in [4.78, 5) is 24.4. The molecule has 1 aromatic rings. The van der Waals surface area contributed by atoms with Crippen LogP contribution in [0, 0.1) is 0 Å². The van der Waals surface area contributed by atoms with Gasteiger partial charge in [-0.2, -0.15) is 4.31 Å². The van der Waals surface area contributed by atoms with Gasteiger partial charge in [-0.3, -0.25) is 4.79 Å². The molecule has 1 aliphatic rings. The van der Waals surface area contributed by atoms with Crippen molar-refractivity contribution in [2.45, 2.75) is 51.5 Å². The van der Waals surface area contributed by atoms with Crippen molar-refractivity contribution < 1.29 is 22.7 Å². The second-order valence-corrected chi connectivity index (χ2v) is 8.66. The fourth-order valence-electron chi connectivity index (χ4n) is 3.39. The smallest absolute Gasteiger partial charge is 0.340 e. The largest absolute Gasteiger partial charge is 0.462 e. The van der Waals surface area contributed by atoms with Gasteiger partial charge in [0.15, 0.2) is 0 Å². The maximum absolute atomic E-state index is 12.4. The Morgan fingerprint density at radius 3 is 2.48 bits per heavy atom. The predicted octanol–water partition coefficient (Wildman–Crippen LogP) is 2.79. The van der Waals surface area contributed by atoms with Crippen molar-refractivity contribution in [3.8, 4) is 0 Å². The standard InChI is InChI=1S/C19H28N2O5S/c1-3-26-19(23)16-11-7-8-12-17(16)20-18(22)13-14-21(27(2,24)25)15-9-5-4-6-10-15/h7-8,11-12,15H,3-6,9-10,13-14H2,1-2H3,(H,20,22). The lowest BCUT2D eigenvalue weighted by Crippen LogP contribution is -2.42. The van der Waals surface area contributed by atoms with Crippen molar-refractivity contribution in [3.05, 3.63) is 29.8 Å². The molecule has 0 saturated heterocycles. The van der Waals surface area contributed by atoms with Gasteiger partial charge in [0.05, 0.1) is 24.1 Å². The van der Waals surface area contributed by atoms with E-state index in [1.165, 1.54) is 10.6 Å². The Kier molecular flexibility index (Phi) is 7.79. The number of carbonyl (C=O) groups excluding carboxylic acids is 2. The van der Waals surface area contributed by atoms with Gasteiger partial charge in [-0.25, -0.2) is 13.2 Å². The number of benzene rings is 1. The van der Waals surface area contributed by atoms with Crippen molar-refractivity contribution in [1.29, 1.82) is 0 Å². The van der Waals surface area contributed by atoms with Crippen LogP contribution in [0.5, 0.6) is 0 Å². The second-order valence-electron chi connectivity index (χ2n) is 6.73. The summed E-state index contributed by atoms with van der Waals surface area (Å²) < 4.78 is 30.7. The number of rotatable bonds is 8. The zero-order valence-corrected chi connectivity index (χ0v) is 16.8. The molecule has 7 nitrogen and oxygen atoms in total. The molecule has 8 heteroatoms. The Balaban J connectivity index is 2.01. The van der Waals surface area contributed by atoms with Crippen LogP contribution in [0.4, 0.5) is 5.69 Å². The molecule has 1 fully saturated rings. The molecule has 0 unspecified atom stereocenters. The van der Waals surface area contributed by atoms with Crippen LogP contribution in [0.25, 0.3) is 0 Å². The number of anilines is 1. The zero-order valence-electron chi connectivity index (χ0n) is 15.9.